The lowest BCUT2D eigenvalue weighted by molar-refractivity contribution is -0.138. The number of nitrogens with zero attached hydrogens (tertiary/aromatic N) is 6. The molecule has 0 radical (unpaired) electrons. The Morgan fingerprint density at radius 1 is 1.00 bits per heavy atom. The number of carbonyl (C=O) groups is 1. The number of nitrogens with one attached hydrogen (secondary N) is 2. The number of carbonyl (C=O) groups excluding carboxylic acids is 1. The highest BCUT2D eigenvalue weighted by molar-refractivity contribution is 5.93. The van der Waals surface area contributed by atoms with Crippen LogP contribution in [0, 0.1) is 0 Å². The summed E-state index contributed by atoms with van der Waals surface area (Å²) in [4.78, 5) is 36.2. The maximum absolute atomic E-state index is 13.5. The number of hydrogen-bond donors (Lipinski definition) is 2. The normalized spacial score (nSPS) is 11.4. The van der Waals surface area contributed by atoms with Crippen LogP contribution in [0.1, 0.15) is 21.6 Å². The average molecular weight is 458 g/mol. The zero-order valence-corrected chi connectivity index (χ0v) is 16.9. The predicted molar refractivity (Wildman–Crippen MR) is 109 cm³/mol. The van der Waals surface area contributed by atoms with Crippen molar-refractivity contribution < 1.29 is 22.4 Å². The van der Waals surface area contributed by atoms with Crippen LogP contribution >= 0.6 is 0 Å². The van der Waals surface area contributed by atoms with Crippen molar-refractivity contribution in [3.05, 3.63) is 59.8 Å². The molecule has 0 aromatic carbocycles. The molecule has 9 nitrogen and oxygen atoms in total. The van der Waals surface area contributed by atoms with E-state index < -0.39 is 24.3 Å². The molecule has 0 saturated heterocycles. The van der Waals surface area contributed by atoms with Crippen LogP contribution in [0.3, 0.4) is 0 Å². The molecule has 0 fully saturated rings. The zero-order chi connectivity index (χ0) is 23.6. The molecule has 0 aliphatic rings. The SMILES string of the molecule is CNC(=O)c1ccc(CF)c(-c2cnc3c(Nc4ncc(C(F)(F)F)cn4)ccnc3n2)n1. The third-order valence-electron chi connectivity index (χ3n) is 4.50. The van der Waals surface area contributed by atoms with Crippen LogP contribution in [0.5, 0.6) is 0 Å². The van der Waals surface area contributed by atoms with Crippen LogP contribution in [-0.2, 0) is 12.9 Å². The Balaban J connectivity index is 1.70. The van der Waals surface area contributed by atoms with Crippen LogP contribution in [0.2, 0.25) is 0 Å². The van der Waals surface area contributed by atoms with Crippen LogP contribution in [0.4, 0.5) is 29.2 Å². The van der Waals surface area contributed by atoms with Crippen molar-refractivity contribution in [1.82, 2.24) is 35.2 Å². The molecule has 1 amide bonds. The summed E-state index contributed by atoms with van der Waals surface area (Å²) < 4.78 is 51.6. The second-order valence-electron chi connectivity index (χ2n) is 6.62. The standard InChI is InChI=1S/C20H14F4N8O/c1-25-18(33)13-3-2-10(6-21)15(30-13)14-9-27-16-12(4-5-26-17(16)31-14)32-19-28-7-11(8-29-19)20(22,23)24/h2-5,7-9H,6H2,1H3,(H,25,33)(H,26,28,29,31,32). The van der Waals surface area contributed by atoms with Crippen molar-refractivity contribution in [1.29, 1.82) is 0 Å². The first-order valence-electron chi connectivity index (χ1n) is 9.36. The molecule has 0 spiro atoms. The Kier molecular flexibility index (Phi) is 5.77. The summed E-state index contributed by atoms with van der Waals surface area (Å²) in [5.41, 5.74) is 0.410. The maximum atomic E-state index is 13.5. The number of rotatable bonds is 5. The molecule has 4 rings (SSSR count). The van der Waals surface area contributed by atoms with E-state index in [0.29, 0.717) is 18.1 Å². The van der Waals surface area contributed by atoms with Gasteiger partial charge in [-0.25, -0.2) is 34.3 Å². The van der Waals surface area contributed by atoms with Gasteiger partial charge in [0.05, 0.1) is 23.1 Å². The van der Waals surface area contributed by atoms with E-state index in [1.54, 1.807) is 0 Å². The number of alkyl halides is 4. The van der Waals surface area contributed by atoms with E-state index in [1.165, 1.54) is 37.6 Å². The second kappa shape index (κ2) is 8.68. The molecule has 0 saturated carbocycles. The van der Waals surface area contributed by atoms with Crippen molar-refractivity contribution in [3.8, 4) is 11.4 Å². The van der Waals surface area contributed by atoms with Gasteiger partial charge in [-0.1, -0.05) is 6.07 Å². The number of amides is 1. The fourth-order valence-electron chi connectivity index (χ4n) is 2.87. The molecule has 168 valence electrons. The van der Waals surface area contributed by atoms with Crippen LogP contribution < -0.4 is 10.6 Å². The third-order valence-corrected chi connectivity index (χ3v) is 4.50. The van der Waals surface area contributed by atoms with Gasteiger partial charge in [-0.05, 0) is 12.1 Å². The van der Waals surface area contributed by atoms with Crippen molar-refractivity contribution in [2.75, 3.05) is 12.4 Å². The summed E-state index contributed by atoms with van der Waals surface area (Å²) in [7, 11) is 1.45. The Hall–Kier alpha value is -4.29. The van der Waals surface area contributed by atoms with Crippen LogP contribution in [0.15, 0.2) is 43.0 Å². The van der Waals surface area contributed by atoms with E-state index in [-0.39, 0.29) is 39.8 Å². The molecule has 2 N–H and O–H groups in total. The molecule has 0 aliphatic heterocycles. The van der Waals surface area contributed by atoms with Gasteiger partial charge >= 0.3 is 6.18 Å². The molecule has 4 aromatic rings. The Bertz CT molecular complexity index is 1330. The fourth-order valence-corrected chi connectivity index (χ4v) is 2.87. The lowest BCUT2D eigenvalue weighted by Gasteiger charge is -2.10. The summed E-state index contributed by atoms with van der Waals surface area (Å²) in [6.07, 6.45) is -0.501. The highest BCUT2D eigenvalue weighted by Crippen LogP contribution is 2.29. The summed E-state index contributed by atoms with van der Waals surface area (Å²) in [5.74, 6) is -0.530. The van der Waals surface area contributed by atoms with Gasteiger partial charge in [-0.2, -0.15) is 13.2 Å². The lowest BCUT2D eigenvalue weighted by atomic mass is 10.1. The fraction of sp³-hybridized carbons (Fsp3) is 0.150. The monoisotopic (exact) mass is 458 g/mol. The molecule has 33 heavy (non-hydrogen) atoms. The molecular weight excluding hydrogens is 444 g/mol. The van der Waals surface area contributed by atoms with Crippen molar-refractivity contribution >= 4 is 28.7 Å². The number of anilines is 2. The van der Waals surface area contributed by atoms with Gasteiger partial charge in [0.1, 0.15) is 23.6 Å². The molecule has 0 aliphatic carbocycles. The lowest BCUT2D eigenvalue weighted by Crippen LogP contribution is -2.19. The largest absolute Gasteiger partial charge is 0.419 e. The molecule has 0 unspecified atom stereocenters. The minimum absolute atomic E-state index is 0.0782. The first-order chi connectivity index (χ1) is 15.8. The number of fused-ring (bicyclic) bond motifs is 1. The van der Waals surface area contributed by atoms with Crippen LogP contribution in [0.25, 0.3) is 22.6 Å². The van der Waals surface area contributed by atoms with Gasteiger partial charge in [-0.3, -0.25) is 4.79 Å². The number of pyridine rings is 2. The van der Waals surface area contributed by atoms with E-state index in [0.717, 1.165) is 0 Å². The van der Waals surface area contributed by atoms with Gasteiger partial charge in [0, 0.05) is 31.2 Å². The highest BCUT2D eigenvalue weighted by atomic mass is 19.4. The van der Waals surface area contributed by atoms with E-state index in [1.807, 2.05) is 0 Å². The smallest absolute Gasteiger partial charge is 0.354 e. The molecule has 13 heteroatoms. The van der Waals surface area contributed by atoms with E-state index in [9.17, 15) is 22.4 Å². The van der Waals surface area contributed by atoms with Gasteiger partial charge in [0.2, 0.25) is 5.95 Å². The summed E-state index contributed by atoms with van der Waals surface area (Å²) >= 11 is 0. The van der Waals surface area contributed by atoms with Crippen molar-refractivity contribution in [2.24, 2.45) is 0 Å². The number of aromatic nitrogens is 6. The number of hydrogen-bond acceptors (Lipinski definition) is 8. The molecular formula is C20H14F4N8O. The van der Waals surface area contributed by atoms with Gasteiger partial charge < -0.3 is 10.6 Å². The van der Waals surface area contributed by atoms with Gasteiger partial charge in [-0.15, -0.1) is 0 Å². The topological polar surface area (TPSA) is 118 Å². The third kappa shape index (κ3) is 4.51. The van der Waals surface area contributed by atoms with E-state index >= 15 is 0 Å². The molecule has 0 bridgehead atoms. The predicted octanol–water partition coefficient (Wildman–Crippen LogP) is 3.47. The van der Waals surface area contributed by atoms with Crippen molar-refractivity contribution in [3.63, 3.8) is 0 Å². The first-order valence-corrected chi connectivity index (χ1v) is 9.36. The summed E-state index contributed by atoms with van der Waals surface area (Å²) in [6, 6.07) is 4.36. The quantitative estimate of drug-likeness (QED) is 0.437. The summed E-state index contributed by atoms with van der Waals surface area (Å²) in [6.45, 7) is -0.837. The highest BCUT2D eigenvalue weighted by Gasteiger charge is 2.31. The Labute approximate surface area is 183 Å². The van der Waals surface area contributed by atoms with E-state index in [4.69, 9.17) is 0 Å². The Morgan fingerprint density at radius 2 is 1.76 bits per heavy atom. The molecule has 4 heterocycles. The van der Waals surface area contributed by atoms with Gasteiger partial charge in [0.25, 0.3) is 5.91 Å². The zero-order valence-electron chi connectivity index (χ0n) is 16.9. The minimum Gasteiger partial charge on any atom is -0.354 e. The Morgan fingerprint density at radius 3 is 2.42 bits per heavy atom. The summed E-state index contributed by atoms with van der Waals surface area (Å²) in [5, 5.41) is 5.22. The number of halogens is 4. The molecule has 4 aromatic heterocycles. The maximum Gasteiger partial charge on any atom is 0.419 e. The first kappa shape index (κ1) is 21.9. The second-order valence-corrected chi connectivity index (χ2v) is 6.62. The van der Waals surface area contributed by atoms with Crippen LogP contribution in [-0.4, -0.2) is 42.9 Å². The minimum atomic E-state index is -4.55. The average Bonchev–Trinajstić information content (AvgIpc) is 2.82. The van der Waals surface area contributed by atoms with E-state index in [2.05, 4.69) is 40.5 Å². The van der Waals surface area contributed by atoms with Gasteiger partial charge in [0.15, 0.2) is 5.65 Å². The molecule has 0 atom stereocenters. The van der Waals surface area contributed by atoms with Crippen molar-refractivity contribution in [2.45, 2.75) is 12.9 Å².